The number of thiophene rings is 1. The second-order valence-electron chi connectivity index (χ2n) is 9.01. The van der Waals surface area contributed by atoms with Crippen molar-refractivity contribution >= 4 is 56.3 Å². The van der Waals surface area contributed by atoms with Gasteiger partial charge >= 0.3 is 0 Å². The van der Waals surface area contributed by atoms with Gasteiger partial charge in [-0.05, 0) is 51.8 Å². The summed E-state index contributed by atoms with van der Waals surface area (Å²) in [7, 11) is 0. The number of amides is 2. The summed E-state index contributed by atoms with van der Waals surface area (Å²) in [5.74, 6) is -0.575. The van der Waals surface area contributed by atoms with E-state index in [1.54, 1.807) is 13.0 Å². The molecule has 1 atom stereocenters. The maximum Gasteiger partial charge on any atom is 0.263 e. The number of pyridine rings is 1. The highest BCUT2D eigenvalue weighted by molar-refractivity contribution is 7.21. The molecule has 36 heavy (non-hydrogen) atoms. The van der Waals surface area contributed by atoms with Crippen molar-refractivity contribution in [3.05, 3.63) is 74.7 Å². The largest absolute Gasteiger partial charge is 0.397 e. The van der Waals surface area contributed by atoms with Crippen LogP contribution < -0.4 is 16.4 Å². The van der Waals surface area contributed by atoms with E-state index in [2.05, 4.69) is 10.6 Å². The quantitative estimate of drug-likeness (QED) is 0.257. The predicted octanol–water partition coefficient (Wildman–Crippen LogP) is 6.90. The Labute approximate surface area is 219 Å². The van der Waals surface area contributed by atoms with Crippen LogP contribution in [0.1, 0.15) is 57.1 Å². The van der Waals surface area contributed by atoms with Crippen molar-refractivity contribution in [2.45, 2.75) is 47.1 Å². The molecule has 0 unspecified atom stereocenters. The number of fused-ring (bicyclic) bond motifs is 1. The first-order valence-corrected chi connectivity index (χ1v) is 13.0. The lowest BCUT2D eigenvalue weighted by Gasteiger charge is -2.17. The molecule has 0 bridgehead atoms. The van der Waals surface area contributed by atoms with Crippen LogP contribution in [-0.2, 0) is 0 Å². The van der Waals surface area contributed by atoms with Crippen LogP contribution in [-0.4, -0.2) is 22.8 Å². The number of hydrogen-bond donors (Lipinski definition) is 3. The molecule has 2 amide bonds. The van der Waals surface area contributed by atoms with Gasteiger partial charge in [-0.2, -0.15) is 0 Å². The molecule has 0 aliphatic heterocycles. The summed E-state index contributed by atoms with van der Waals surface area (Å²) >= 11 is 7.85. The van der Waals surface area contributed by atoms with Crippen molar-refractivity contribution in [1.29, 1.82) is 0 Å². The van der Waals surface area contributed by atoms with Gasteiger partial charge in [-0.25, -0.2) is 4.98 Å². The Hall–Kier alpha value is -3.42. The Morgan fingerprint density at radius 3 is 2.50 bits per heavy atom. The zero-order valence-electron chi connectivity index (χ0n) is 21.0. The Morgan fingerprint density at radius 2 is 1.83 bits per heavy atom. The lowest BCUT2D eigenvalue weighted by molar-refractivity contribution is 0.0943. The predicted molar refractivity (Wildman–Crippen MR) is 150 cm³/mol. The van der Waals surface area contributed by atoms with Crippen LogP contribution in [0.15, 0.2) is 42.5 Å². The highest BCUT2D eigenvalue weighted by atomic mass is 35.5. The van der Waals surface area contributed by atoms with Gasteiger partial charge < -0.3 is 16.4 Å². The molecule has 0 saturated heterocycles. The summed E-state index contributed by atoms with van der Waals surface area (Å²) in [6, 6.07) is 13.1. The number of benzene rings is 2. The van der Waals surface area contributed by atoms with E-state index in [0.29, 0.717) is 53.9 Å². The van der Waals surface area contributed by atoms with E-state index in [4.69, 9.17) is 22.3 Å². The number of nitrogens with one attached hydrogen (secondary N) is 2. The van der Waals surface area contributed by atoms with E-state index >= 15 is 0 Å². The summed E-state index contributed by atoms with van der Waals surface area (Å²) in [6.45, 7) is 9.68. The average Bonchev–Trinajstić information content (AvgIpc) is 3.16. The van der Waals surface area contributed by atoms with Crippen LogP contribution in [0.25, 0.3) is 21.3 Å². The Bertz CT molecular complexity index is 1490. The van der Waals surface area contributed by atoms with E-state index in [1.165, 1.54) is 11.3 Å². The fourth-order valence-electron chi connectivity index (χ4n) is 4.18. The highest BCUT2D eigenvalue weighted by Gasteiger charge is 2.28. The van der Waals surface area contributed by atoms with Crippen LogP contribution in [0.4, 0.5) is 11.4 Å². The summed E-state index contributed by atoms with van der Waals surface area (Å²) in [5, 5.41) is 7.03. The van der Waals surface area contributed by atoms with Crippen molar-refractivity contribution in [2.24, 2.45) is 0 Å². The Morgan fingerprint density at radius 1 is 1.11 bits per heavy atom. The minimum atomic E-state index is -0.319. The molecule has 186 valence electrons. The lowest BCUT2D eigenvalue weighted by Crippen LogP contribution is -2.31. The van der Waals surface area contributed by atoms with Crippen molar-refractivity contribution < 1.29 is 9.59 Å². The summed E-state index contributed by atoms with van der Waals surface area (Å²) < 4.78 is 0. The number of nitrogens with two attached hydrogens (primary N) is 1. The van der Waals surface area contributed by atoms with Gasteiger partial charge in [-0.1, -0.05) is 54.4 Å². The number of aromatic nitrogens is 1. The number of rotatable bonds is 6. The molecule has 0 aliphatic rings. The van der Waals surface area contributed by atoms with Crippen molar-refractivity contribution in [3.63, 3.8) is 0 Å². The lowest BCUT2D eigenvalue weighted by atomic mass is 9.94. The van der Waals surface area contributed by atoms with Crippen LogP contribution in [0.5, 0.6) is 0 Å². The third-order valence-corrected chi connectivity index (χ3v) is 7.68. The standard InChI is InChI=1S/C28H29ClN4O2S/c1-6-16(4)31-27(35)25-24(30)23-22(18-9-7-8-10-19(18)29)21(17(5)32-28(23)36-25)26(34)33-20-12-11-14(2)13-15(20)3/h7-13,16H,6,30H2,1-5H3,(H,31,35)(H,33,34)/t16-/m0/s1. The minimum absolute atomic E-state index is 0.000988. The number of halogens is 1. The molecule has 2 aromatic heterocycles. The number of nitrogen functional groups attached to an aromatic ring is 1. The Balaban J connectivity index is 1.95. The smallest absolute Gasteiger partial charge is 0.263 e. The van der Waals surface area contributed by atoms with Gasteiger partial charge in [0.2, 0.25) is 0 Å². The van der Waals surface area contributed by atoms with Crippen molar-refractivity contribution in [1.82, 2.24) is 10.3 Å². The van der Waals surface area contributed by atoms with Gasteiger partial charge in [0, 0.05) is 33.3 Å². The zero-order chi connectivity index (χ0) is 26.1. The molecule has 0 aliphatic carbocycles. The molecule has 0 spiro atoms. The maximum atomic E-state index is 13.7. The molecular formula is C28H29ClN4O2S. The van der Waals surface area contributed by atoms with Gasteiger partial charge in [0.1, 0.15) is 9.71 Å². The van der Waals surface area contributed by atoms with Gasteiger partial charge in [0.25, 0.3) is 11.8 Å². The first-order chi connectivity index (χ1) is 17.1. The number of aryl methyl sites for hydroxylation is 3. The molecular weight excluding hydrogens is 492 g/mol. The normalized spacial score (nSPS) is 11.9. The average molecular weight is 521 g/mol. The SMILES string of the molecule is CC[C@H](C)NC(=O)c1sc2nc(C)c(C(=O)Nc3ccc(C)cc3C)c(-c3ccccc3Cl)c2c1N. The second kappa shape index (κ2) is 10.3. The zero-order valence-corrected chi connectivity index (χ0v) is 22.5. The molecule has 2 aromatic carbocycles. The van der Waals surface area contributed by atoms with E-state index in [-0.39, 0.29) is 17.9 Å². The Kier molecular flexibility index (Phi) is 7.33. The van der Waals surface area contributed by atoms with Gasteiger partial charge in [-0.3, -0.25) is 9.59 Å². The summed E-state index contributed by atoms with van der Waals surface area (Å²) in [5.41, 5.74) is 11.8. The van der Waals surface area contributed by atoms with Crippen LogP contribution in [0.2, 0.25) is 5.02 Å². The van der Waals surface area contributed by atoms with Crippen LogP contribution >= 0.6 is 22.9 Å². The third-order valence-electron chi connectivity index (χ3n) is 6.25. The van der Waals surface area contributed by atoms with Crippen LogP contribution in [0, 0.1) is 20.8 Å². The molecule has 4 N–H and O–H groups in total. The van der Waals surface area contributed by atoms with Crippen molar-refractivity contribution in [2.75, 3.05) is 11.1 Å². The number of carbonyl (C=O) groups excluding carboxylic acids is 2. The highest BCUT2D eigenvalue weighted by Crippen LogP contribution is 2.44. The summed E-state index contributed by atoms with van der Waals surface area (Å²) in [4.78, 5) is 32.4. The molecule has 0 radical (unpaired) electrons. The molecule has 4 aromatic rings. The van der Waals surface area contributed by atoms with E-state index in [0.717, 1.165) is 17.5 Å². The van der Waals surface area contributed by atoms with E-state index < -0.39 is 0 Å². The first kappa shape index (κ1) is 25.7. The number of hydrogen-bond acceptors (Lipinski definition) is 5. The first-order valence-electron chi connectivity index (χ1n) is 11.8. The van der Waals surface area contributed by atoms with Gasteiger partial charge in [-0.15, -0.1) is 11.3 Å². The number of carbonyl (C=O) groups is 2. The van der Waals surface area contributed by atoms with E-state index in [9.17, 15) is 9.59 Å². The van der Waals surface area contributed by atoms with Gasteiger partial charge in [0.05, 0.1) is 16.9 Å². The van der Waals surface area contributed by atoms with Gasteiger partial charge in [0.15, 0.2) is 0 Å². The second-order valence-corrected chi connectivity index (χ2v) is 10.4. The third kappa shape index (κ3) is 4.81. The molecule has 8 heteroatoms. The molecule has 6 nitrogen and oxygen atoms in total. The monoisotopic (exact) mass is 520 g/mol. The molecule has 4 rings (SSSR count). The van der Waals surface area contributed by atoms with E-state index in [1.807, 2.05) is 64.1 Å². The fourth-order valence-corrected chi connectivity index (χ4v) is 5.46. The maximum absolute atomic E-state index is 13.7. The summed E-state index contributed by atoms with van der Waals surface area (Å²) in [6.07, 6.45) is 0.793. The molecule has 0 saturated carbocycles. The number of anilines is 2. The van der Waals surface area contributed by atoms with Crippen molar-refractivity contribution in [3.8, 4) is 11.1 Å². The number of nitrogens with zero attached hydrogens (tertiary/aromatic N) is 1. The molecule has 0 fully saturated rings. The minimum Gasteiger partial charge on any atom is -0.397 e. The van der Waals surface area contributed by atoms with Crippen LogP contribution in [0.3, 0.4) is 0 Å². The topological polar surface area (TPSA) is 97.1 Å². The molecule has 2 heterocycles. The fraction of sp³-hybridized carbons (Fsp3) is 0.250.